The third-order valence-electron chi connectivity index (χ3n) is 11.4. The van der Waals surface area contributed by atoms with E-state index in [0.29, 0.717) is 0 Å². The summed E-state index contributed by atoms with van der Waals surface area (Å²) in [5.74, 6) is 0.720. The Morgan fingerprint density at radius 2 is 0.808 bits per heavy atom. The Balaban J connectivity index is 1.17. The molecule has 0 saturated carbocycles. The highest BCUT2D eigenvalue weighted by Gasteiger charge is 2.53. The highest BCUT2D eigenvalue weighted by atomic mass is 14.9. The summed E-state index contributed by atoms with van der Waals surface area (Å²) < 4.78 is 0. The van der Waals surface area contributed by atoms with Crippen molar-refractivity contribution >= 4 is 0 Å². The molecule has 2 heteroatoms. The third-order valence-corrected chi connectivity index (χ3v) is 11.4. The predicted molar refractivity (Wildman–Crippen MR) is 213 cm³/mol. The Labute approximate surface area is 305 Å². The molecule has 0 unspecified atom stereocenters. The summed E-state index contributed by atoms with van der Waals surface area (Å²) in [6.45, 7) is 4.75. The van der Waals surface area contributed by atoms with E-state index in [0.717, 1.165) is 39.5 Å². The minimum atomic E-state index is -0.427. The van der Waals surface area contributed by atoms with Gasteiger partial charge in [-0.2, -0.15) is 0 Å². The summed E-state index contributed by atoms with van der Waals surface area (Å²) in [5.41, 5.74) is 17.5. The van der Waals surface area contributed by atoms with Gasteiger partial charge in [0.15, 0.2) is 5.82 Å². The van der Waals surface area contributed by atoms with E-state index >= 15 is 0 Å². The first kappa shape index (κ1) is 30.4. The molecule has 52 heavy (non-hydrogen) atoms. The van der Waals surface area contributed by atoms with Gasteiger partial charge in [0.2, 0.25) is 0 Å². The van der Waals surface area contributed by atoms with E-state index in [4.69, 9.17) is 9.97 Å². The van der Waals surface area contributed by atoms with Crippen molar-refractivity contribution in [1.29, 1.82) is 0 Å². The molecule has 0 amide bonds. The van der Waals surface area contributed by atoms with Gasteiger partial charge in [-0.25, -0.2) is 9.97 Å². The third kappa shape index (κ3) is 4.44. The first-order valence-corrected chi connectivity index (χ1v) is 18.1. The topological polar surface area (TPSA) is 25.8 Å². The van der Waals surface area contributed by atoms with Crippen LogP contribution in [0.4, 0.5) is 0 Å². The molecule has 2 nitrogen and oxygen atoms in total. The van der Waals surface area contributed by atoms with Crippen molar-refractivity contribution in [2.45, 2.75) is 24.7 Å². The van der Waals surface area contributed by atoms with Gasteiger partial charge in [-0.15, -0.1) is 0 Å². The SMILES string of the molecule is CC1(C)c2ccccc2C2(c3ccccc3-c3ccc(-c4cccc(-c5cc(-c6ccccc6)nc(-c6ccccc6)n5)c4)cc32)c2ccccc21. The van der Waals surface area contributed by atoms with Gasteiger partial charge in [0, 0.05) is 22.1 Å². The van der Waals surface area contributed by atoms with Crippen LogP contribution in [-0.4, -0.2) is 9.97 Å². The van der Waals surface area contributed by atoms with Gasteiger partial charge in [-0.05, 0) is 73.8 Å². The van der Waals surface area contributed by atoms with Crippen LogP contribution >= 0.6 is 0 Å². The molecule has 2 aliphatic rings. The van der Waals surface area contributed by atoms with Crippen LogP contribution in [0.3, 0.4) is 0 Å². The first-order chi connectivity index (χ1) is 25.5. The zero-order chi connectivity index (χ0) is 34.9. The molecular formula is C50H36N2. The maximum Gasteiger partial charge on any atom is 0.160 e. The summed E-state index contributed by atoms with van der Waals surface area (Å²) >= 11 is 0. The molecule has 2 aliphatic carbocycles. The Morgan fingerprint density at radius 3 is 1.48 bits per heavy atom. The number of hydrogen-bond acceptors (Lipinski definition) is 2. The zero-order valence-electron chi connectivity index (χ0n) is 29.2. The average Bonchev–Trinajstić information content (AvgIpc) is 3.51. The highest BCUT2D eigenvalue weighted by molar-refractivity contribution is 5.90. The molecule has 0 radical (unpaired) electrons. The minimum absolute atomic E-state index is 0.128. The summed E-state index contributed by atoms with van der Waals surface area (Å²) in [6.07, 6.45) is 0. The van der Waals surface area contributed by atoms with Crippen molar-refractivity contribution in [3.05, 3.63) is 215 Å². The summed E-state index contributed by atoms with van der Waals surface area (Å²) in [7, 11) is 0. The Bertz CT molecular complexity index is 2550. The second-order valence-corrected chi connectivity index (χ2v) is 14.5. The molecule has 246 valence electrons. The lowest BCUT2D eigenvalue weighted by molar-refractivity contribution is 0.563. The van der Waals surface area contributed by atoms with Gasteiger partial charge in [0.25, 0.3) is 0 Å². The van der Waals surface area contributed by atoms with Crippen molar-refractivity contribution in [2.75, 3.05) is 0 Å². The summed E-state index contributed by atoms with van der Waals surface area (Å²) in [4.78, 5) is 10.2. The molecule has 10 rings (SSSR count). The van der Waals surface area contributed by atoms with Crippen LogP contribution in [0.5, 0.6) is 0 Å². The Hall–Kier alpha value is -6.38. The van der Waals surface area contributed by atoms with Crippen LogP contribution in [0.15, 0.2) is 182 Å². The Kier molecular flexibility index (Phi) is 6.78. The molecule has 0 N–H and O–H groups in total. The molecule has 8 aromatic rings. The fourth-order valence-electron chi connectivity index (χ4n) is 8.97. The molecule has 0 atom stereocenters. The second kappa shape index (κ2) is 11.6. The number of fused-ring (bicyclic) bond motifs is 9. The number of benzene rings is 7. The number of aromatic nitrogens is 2. The van der Waals surface area contributed by atoms with Crippen molar-refractivity contribution in [3.8, 4) is 56.2 Å². The van der Waals surface area contributed by atoms with Gasteiger partial charge in [0.05, 0.1) is 16.8 Å². The van der Waals surface area contributed by atoms with Gasteiger partial charge >= 0.3 is 0 Å². The van der Waals surface area contributed by atoms with Gasteiger partial charge in [-0.3, -0.25) is 0 Å². The molecule has 1 heterocycles. The standard InChI is InChI=1S/C50H36N2/c1-49(2)41-24-11-13-26-43(41)50(44-27-14-12-25-42(44)49)40-23-10-9-22-38(40)39-29-28-36(31-45(39)50)35-20-15-21-37(30-35)47-32-46(33-16-5-3-6-17-33)51-48(52-47)34-18-7-4-8-19-34/h3-32H,1-2H3. The predicted octanol–water partition coefficient (Wildman–Crippen LogP) is 12.1. The van der Waals surface area contributed by atoms with Crippen molar-refractivity contribution in [3.63, 3.8) is 0 Å². The molecule has 0 bridgehead atoms. The van der Waals surface area contributed by atoms with Gasteiger partial charge < -0.3 is 0 Å². The first-order valence-electron chi connectivity index (χ1n) is 18.1. The molecule has 0 fully saturated rings. The van der Waals surface area contributed by atoms with E-state index in [1.54, 1.807) is 0 Å². The largest absolute Gasteiger partial charge is 0.228 e. The minimum Gasteiger partial charge on any atom is -0.228 e. The van der Waals surface area contributed by atoms with Crippen LogP contribution in [-0.2, 0) is 10.8 Å². The number of rotatable bonds is 4. The number of hydrogen-bond donors (Lipinski definition) is 0. The molecule has 7 aromatic carbocycles. The smallest absolute Gasteiger partial charge is 0.160 e. The van der Waals surface area contributed by atoms with Crippen LogP contribution in [0.1, 0.15) is 47.2 Å². The maximum atomic E-state index is 5.14. The van der Waals surface area contributed by atoms with Crippen LogP contribution in [0.2, 0.25) is 0 Å². The lowest BCUT2D eigenvalue weighted by Gasteiger charge is -2.46. The quantitative estimate of drug-likeness (QED) is 0.187. The van der Waals surface area contributed by atoms with Crippen molar-refractivity contribution < 1.29 is 0 Å². The average molecular weight is 665 g/mol. The van der Waals surface area contributed by atoms with E-state index in [9.17, 15) is 0 Å². The normalized spacial score (nSPS) is 14.3. The molecular weight excluding hydrogens is 629 g/mol. The zero-order valence-corrected chi connectivity index (χ0v) is 29.2. The van der Waals surface area contributed by atoms with Crippen molar-refractivity contribution in [1.82, 2.24) is 9.97 Å². The molecule has 0 aliphatic heterocycles. The van der Waals surface area contributed by atoms with Crippen LogP contribution in [0, 0.1) is 0 Å². The lowest BCUT2D eigenvalue weighted by Crippen LogP contribution is -2.40. The lowest BCUT2D eigenvalue weighted by atomic mass is 9.55. The van der Waals surface area contributed by atoms with Gasteiger partial charge in [-0.1, -0.05) is 178 Å². The molecule has 0 saturated heterocycles. The second-order valence-electron chi connectivity index (χ2n) is 14.5. The molecule has 1 spiro atoms. The van der Waals surface area contributed by atoms with E-state index in [-0.39, 0.29) is 5.41 Å². The van der Waals surface area contributed by atoms with E-state index in [1.807, 2.05) is 24.3 Å². The van der Waals surface area contributed by atoms with E-state index in [2.05, 4.69) is 172 Å². The monoisotopic (exact) mass is 664 g/mol. The number of nitrogens with zero attached hydrogens (tertiary/aromatic N) is 2. The van der Waals surface area contributed by atoms with E-state index < -0.39 is 5.41 Å². The molecule has 1 aromatic heterocycles. The fraction of sp³-hybridized carbons (Fsp3) is 0.0800. The van der Waals surface area contributed by atoms with Gasteiger partial charge in [0.1, 0.15) is 0 Å². The summed E-state index contributed by atoms with van der Waals surface area (Å²) in [5, 5.41) is 0. The summed E-state index contributed by atoms with van der Waals surface area (Å²) in [6, 6.07) is 66.0. The maximum absolute atomic E-state index is 5.14. The Morgan fingerprint density at radius 1 is 0.327 bits per heavy atom. The van der Waals surface area contributed by atoms with Crippen molar-refractivity contribution in [2.24, 2.45) is 0 Å². The van der Waals surface area contributed by atoms with E-state index in [1.165, 1.54) is 50.1 Å². The highest BCUT2D eigenvalue weighted by Crippen LogP contribution is 2.62. The van der Waals surface area contributed by atoms with Crippen LogP contribution in [0.25, 0.3) is 56.2 Å². The van der Waals surface area contributed by atoms with Crippen LogP contribution < -0.4 is 0 Å². The fourth-order valence-corrected chi connectivity index (χ4v) is 8.97.